The van der Waals surface area contributed by atoms with Gasteiger partial charge in [-0.2, -0.15) is 0 Å². The van der Waals surface area contributed by atoms with Gasteiger partial charge < -0.3 is 0 Å². The van der Waals surface area contributed by atoms with E-state index in [9.17, 15) is 0 Å². The number of hydrogen-bond donors (Lipinski definition) is 0. The molecule has 0 amide bonds. The molecule has 44 heavy (non-hydrogen) atoms. The van der Waals surface area contributed by atoms with E-state index < -0.39 is 0 Å². The molecule has 0 radical (unpaired) electrons. The number of benzene rings is 7. The highest BCUT2D eigenvalue weighted by Gasteiger charge is 2.17. The van der Waals surface area contributed by atoms with Gasteiger partial charge in [-0.05, 0) is 108 Å². The Bertz CT molecular complexity index is 2120. The normalized spacial score (nSPS) is 11.4. The average molecular weight is 567 g/mol. The fourth-order valence-corrected chi connectivity index (χ4v) is 6.51. The first-order chi connectivity index (χ1) is 21.7. The molecule has 0 spiro atoms. The molecule has 7 aromatic rings. The highest BCUT2D eigenvalue weighted by atomic mass is 14.2. The minimum atomic E-state index is 1.15. The molecule has 0 aliphatic rings. The molecule has 0 bridgehead atoms. The van der Waals surface area contributed by atoms with Gasteiger partial charge in [0.05, 0.1) is 0 Å². The minimum absolute atomic E-state index is 1.15. The number of aryl methyl sites for hydroxylation is 1. The van der Waals surface area contributed by atoms with Crippen LogP contribution in [0.4, 0.5) is 0 Å². The molecule has 0 heteroatoms. The molecule has 0 aliphatic carbocycles. The van der Waals surface area contributed by atoms with E-state index in [-0.39, 0.29) is 0 Å². The maximum atomic E-state index is 3.99. The first-order valence-electron chi connectivity index (χ1n) is 15.6. The first-order valence-corrected chi connectivity index (χ1v) is 15.6. The van der Waals surface area contributed by atoms with Crippen molar-refractivity contribution < 1.29 is 0 Å². The molecular weight excluding hydrogens is 528 g/mol. The second kappa shape index (κ2) is 12.6. The lowest BCUT2D eigenvalue weighted by Crippen LogP contribution is -1.92. The topological polar surface area (TPSA) is 0 Å². The summed E-state index contributed by atoms with van der Waals surface area (Å²) in [6.45, 7) is 12.3. The molecule has 7 aromatic carbocycles. The van der Waals surface area contributed by atoms with Crippen LogP contribution in [0, 0.1) is 6.92 Å². The van der Waals surface area contributed by atoms with Crippen LogP contribution >= 0.6 is 0 Å². The van der Waals surface area contributed by atoms with Gasteiger partial charge in [-0.15, -0.1) is 0 Å². The molecule has 0 heterocycles. The summed E-state index contributed by atoms with van der Waals surface area (Å²) in [6.07, 6.45) is 4.03. The summed E-state index contributed by atoms with van der Waals surface area (Å²) in [4.78, 5) is 0. The Hall–Kier alpha value is -5.20. The second-order valence-corrected chi connectivity index (χ2v) is 11.0. The zero-order chi connectivity index (χ0) is 30.6. The third-order valence-corrected chi connectivity index (χ3v) is 8.52. The quantitative estimate of drug-likeness (QED) is 0.144. The number of hydrogen-bond acceptors (Lipinski definition) is 0. The van der Waals surface area contributed by atoms with Gasteiger partial charge >= 0.3 is 0 Å². The van der Waals surface area contributed by atoms with Crippen molar-refractivity contribution in [3.63, 3.8) is 0 Å². The molecule has 0 saturated carbocycles. The lowest BCUT2D eigenvalue weighted by Gasteiger charge is -2.19. The summed E-state index contributed by atoms with van der Waals surface area (Å²) in [5.41, 5.74) is 11.1. The summed E-state index contributed by atoms with van der Waals surface area (Å²) in [5, 5.41) is 7.63. The van der Waals surface area contributed by atoms with Crippen molar-refractivity contribution in [3.05, 3.63) is 163 Å². The Balaban J connectivity index is 0.00000168. The van der Waals surface area contributed by atoms with Gasteiger partial charge in [0.25, 0.3) is 0 Å². The van der Waals surface area contributed by atoms with Crippen LogP contribution in [-0.2, 0) is 0 Å². The van der Waals surface area contributed by atoms with Gasteiger partial charge in [0.15, 0.2) is 0 Å². The predicted molar refractivity (Wildman–Crippen MR) is 195 cm³/mol. The smallest absolute Gasteiger partial charge is 0.00262 e. The first kappa shape index (κ1) is 28.9. The maximum absolute atomic E-state index is 3.99. The molecular formula is C44H38. The highest BCUT2D eigenvalue weighted by Crippen LogP contribution is 2.44. The molecule has 0 fully saturated rings. The van der Waals surface area contributed by atoms with Crippen molar-refractivity contribution in [2.75, 3.05) is 0 Å². The lowest BCUT2D eigenvalue weighted by atomic mass is 9.84. The Kier molecular flexibility index (Phi) is 8.26. The second-order valence-electron chi connectivity index (χ2n) is 11.0. The largest absolute Gasteiger partial charge is 0.0985 e. The van der Waals surface area contributed by atoms with Gasteiger partial charge in [-0.1, -0.05) is 154 Å². The standard InChI is InChI=1S/C42H32.C2H6/c1-4-29(5-2)31-15-12-16-33(26-31)36-24-23-34(25-28(36)3)41-37-17-8-10-19-39(37)42(40-20-11-9-18-38(40)41)35-22-21-30-13-6-7-14-32(30)27-35;1-2/h4-27H,1H2,2-3H3;1-2H3/b29-5+;. The van der Waals surface area contributed by atoms with Crippen LogP contribution in [0.2, 0.25) is 0 Å². The number of fused-ring (bicyclic) bond motifs is 3. The molecule has 0 aliphatic heterocycles. The van der Waals surface area contributed by atoms with Crippen molar-refractivity contribution in [1.29, 1.82) is 0 Å². The average Bonchev–Trinajstić information content (AvgIpc) is 3.08. The van der Waals surface area contributed by atoms with Crippen LogP contribution in [0.25, 0.3) is 71.3 Å². The van der Waals surface area contributed by atoms with Crippen LogP contribution in [0.15, 0.2) is 152 Å². The van der Waals surface area contributed by atoms with E-state index in [2.05, 4.69) is 160 Å². The van der Waals surface area contributed by atoms with Gasteiger partial charge in [0.2, 0.25) is 0 Å². The third-order valence-electron chi connectivity index (χ3n) is 8.52. The van der Waals surface area contributed by atoms with E-state index in [1.165, 1.54) is 76.8 Å². The van der Waals surface area contributed by atoms with Gasteiger partial charge in [-0.3, -0.25) is 0 Å². The van der Waals surface area contributed by atoms with Crippen molar-refractivity contribution in [1.82, 2.24) is 0 Å². The van der Waals surface area contributed by atoms with Gasteiger partial charge in [0, 0.05) is 0 Å². The summed E-state index contributed by atoms with van der Waals surface area (Å²) in [7, 11) is 0. The van der Waals surface area contributed by atoms with Crippen LogP contribution in [0.5, 0.6) is 0 Å². The summed E-state index contributed by atoms with van der Waals surface area (Å²) in [5.74, 6) is 0. The van der Waals surface area contributed by atoms with Crippen LogP contribution < -0.4 is 0 Å². The molecule has 0 saturated heterocycles. The van der Waals surface area contributed by atoms with Gasteiger partial charge in [-0.25, -0.2) is 0 Å². The van der Waals surface area contributed by atoms with Crippen molar-refractivity contribution in [3.8, 4) is 33.4 Å². The predicted octanol–water partition coefficient (Wildman–Crippen LogP) is 13.1. The molecule has 0 N–H and O–H groups in total. The van der Waals surface area contributed by atoms with E-state index in [1.54, 1.807) is 0 Å². The Morgan fingerprint density at radius 2 is 1.07 bits per heavy atom. The lowest BCUT2D eigenvalue weighted by molar-refractivity contribution is 1.45. The number of rotatable bonds is 5. The third kappa shape index (κ3) is 5.14. The van der Waals surface area contributed by atoms with E-state index in [0.717, 1.165) is 5.57 Å². The SMILES string of the molecule is C=C/C(=C\C)c1cccc(-c2ccc(-c3c4ccccc4c(-c4ccc5ccccc5c4)c4ccccc34)cc2C)c1.CC. The molecule has 214 valence electrons. The van der Waals surface area contributed by atoms with Crippen molar-refractivity contribution in [2.45, 2.75) is 27.7 Å². The maximum Gasteiger partial charge on any atom is -0.00262 e. The van der Waals surface area contributed by atoms with Crippen molar-refractivity contribution >= 4 is 37.9 Å². The fourth-order valence-electron chi connectivity index (χ4n) is 6.51. The zero-order valence-electron chi connectivity index (χ0n) is 26.1. The Labute approximate surface area is 261 Å². The van der Waals surface area contributed by atoms with Crippen LogP contribution in [0.3, 0.4) is 0 Å². The Morgan fingerprint density at radius 1 is 0.523 bits per heavy atom. The van der Waals surface area contributed by atoms with E-state index in [0.29, 0.717) is 0 Å². The molecule has 0 atom stereocenters. The summed E-state index contributed by atoms with van der Waals surface area (Å²) >= 11 is 0. The van der Waals surface area contributed by atoms with Crippen molar-refractivity contribution in [2.24, 2.45) is 0 Å². The monoisotopic (exact) mass is 566 g/mol. The van der Waals surface area contributed by atoms with E-state index in [1.807, 2.05) is 19.9 Å². The summed E-state index contributed by atoms with van der Waals surface area (Å²) in [6, 6.07) is 48.9. The van der Waals surface area contributed by atoms with Gasteiger partial charge in [0.1, 0.15) is 0 Å². The minimum Gasteiger partial charge on any atom is -0.0985 e. The molecule has 7 rings (SSSR count). The Morgan fingerprint density at radius 3 is 1.64 bits per heavy atom. The molecule has 0 nitrogen and oxygen atoms in total. The van der Waals surface area contributed by atoms with Crippen LogP contribution in [-0.4, -0.2) is 0 Å². The van der Waals surface area contributed by atoms with E-state index in [4.69, 9.17) is 0 Å². The summed E-state index contributed by atoms with van der Waals surface area (Å²) < 4.78 is 0. The van der Waals surface area contributed by atoms with Crippen LogP contribution in [0.1, 0.15) is 31.9 Å². The zero-order valence-corrected chi connectivity index (χ0v) is 26.1. The number of allylic oxidation sites excluding steroid dienone is 3. The highest BCUT2D eigenvalue weighted by molar-refractivity contribution is 6.21. The molecule has 0 unspecified atom stereocenters. The molecule has 0 aromatic heterocycles. The van der Waals surface area contributed by atoms with E-state index >= 15 is 0 Å². The fraction of sp³-hybridized carbons (Fsp3) is 0.0909.